The number of benzene rings is 2. The zero-order valence-corrected chi connectivity index (χ0v) is 19.2. The van der Waals surface area contributed by atoms with Crippen LogP contribution in [0.2, 0.25) is 5.02 Å². The summed E-state index contributed by atoms with van der Waals surface area (Å²) in [6.07, 6.45) is 0. The van der Waals surface area contributed by atoms with Gasteiger partial charge in [0.1, 0.15) is 5.25 Å². The summed E-state index contributed by atoms with van der Waals surface area (Å²) in [5.74, 6) is -2.65. The number of carboxylic acid groups (broad SMARTS) is 1. The van der Waals surface area contributed by atoms with Crippen LogP contribution in [0.1, 0.15) is 10.4 Å². The molecule has 0 spiro atoms. The van der Waals surface area contributed by atoms with Crippen molar-refractivity contribution in [2.75, 3.05) is 34.9 Å². The number of hydrogen-bond acceptors (Lipinski definition) is 9. The second-order valence-electron chi connectivity index (χ2n) is 7.12. The number of aliphatic hydroxyl groups is 1. The maximum absolute atomic E-state index is 12.6. The first-order chi connectivity index (χ1) is 15.2. The van der Waals surface area contributed by atoms with Crippen molar-refractivity contribution in [3.63, 3.8) is 0 Å². The van der Waals surface area contributed by atoms with Gasteiger partial charge in [-0.1, -0.05) is 22.9 Å². The molecule has 0 radical (unpaired) electrons. The van der Waals surface area contributed by atoms with Crippen molar-refractivity contribution in [1.82, 2.24) is 4.98 Å². The van der Waals surface area contributed by atoms with Crippen LogP contribution >= 0.6 is 34.7 Å². The van der Waals surface area contributed by atoms with Crippen molar-refractivity contribution in [3.8, 4) is 0 Å². The molecule has 2 atom stereocenters. The lowest BCUT2D eigenvalue weighted by molar-refractivity contribution is -0.118. The van der Waals surface area contributed by atoms with E-state index in [-0.39, 0.29) is 17.9 Å². The number of aliphatic hydroxyl groups excluding tert-OH is 1. The summed E-state index contributed by atoms with van der Waals surface area (Å²) in [5, 5.41) is 25.6. The van der Waals surface area contributed by atoms with Gasteiger partial charge in [-0.25, -0.2) is 9.78 Å². The summed E-state index contributed by atoms with van der Waals surface area (Å²) >= 11 is 8.65. The number of primary amides is 1. The fraction of sp³-hybridized carbons (Fsp3) is 0.250. The van der Waals surface area contributed by atoms with Gasteiger partial charge in [0.25, 0.3) is 0 Å². The second kappa shape index (κ2) is 8.66. The minimum atomic E-state index is -1.26. The topological polar surface area (TPSA) is 141 Å². The molecule has 1 aliphatic rings. The van der Waals surface area contributed by atoms with Gasteiger partial charge in [-0.3, -0.25) is 4.79 Å². The largest absolute Gasteiger partial charge is 0.478 e. The van der Waals surface area contributed by atoms with Crippen molar-refractivity contribution in [2.45, 2.75) is 11.0 Å². The third-order valence-electron chi connectivity index (χ3n) is 5.12. The Morgan fingerprint density at radius 3 is 2.84 bits per heavy atom. The number of carbonyl (C=O) groups is 2. The Labute approximate surface area is 196 Å². The average Bonchev–Trinajstić information content (AvgIpc) is 3.25. The Balaban J connectivity index is 1.81. The average molecular weight is 494 g/mol. The van der Waals surface area contributed by atoms with Crippen molar-refractivity contribution in [3.05, 3.63) is 47.0 Å². The van der Waals surface area contributed by atoms with Crippen molar-refractivity contribution in [2.24, 2.45) is 5.73 Å². The van der Waals surface area contributed by atoms with Crippen LogP contribution in [0.3, 0.4) is 0 Å². The highest BCUT2D eigenvalue weighted by atomic mass is 35.5. The quantitative estimate of drug-likeness (QED) is 0.320. The number of nitrogens with two attached hydrogens (primary N) is 1. The number of anilines is 3. The Kier molecular flexibility index (Phi) is 6.08. The molecule has 1 amide bonds. The molecule has 9 nitrogen and oxygen atoms in total. The van der Waals surface area contributed by atoms with Crippen LogP contribution in [0.15, 0.2) is 36.4 Å². The number of carbonyl (C=O) groups excluding carboxylic acids is 1. The number of fused-ring (bicyclic) bond motifs is 2. The summed E-state index contributed by atoms with van der Waals surface area (Å²) < 4.78 is 0.861. The van der Waals surface area contributed by atoms with Crippen LogP contribution in [0, 0.1) is 0 Å². The van der Waals surface area contributed by atoms with Gasteiger partial charge in [0, 0.05) is 17.8 Å². The highest BCUT2D eigenvalue weighted by Gasteiger charge is 2.51. The molecule has 6 N–H and O–H groups in total. The molecule has 3 aromatic rings. The Morgan fingerprint density at radius 1 is 1.38 bits per heavy atom. The van der Waals surface area contributed by atoms with Crippen molar-refractivity contribution < 1.29 is 19.8 Å². The number of aromatic nitrogens is 1. The van der Waals surface area contributed by atoms with E-state index in [1.165, 1.54) is 35.2 Å². The molecule has 0 aliphatic carbocycles. The summed E-state index contributed by atoms with van der Waals surface area (Å²) in [6, 6.07) is 10.0. The van der Waals surface area contributed by atoms with E-state index in [1.807, 2.05) is 0 Å². The molecule has 0 bridgehead atoms. The lowest BCUT2D eigenvalue weighted by Crippen LogP contribution is -2.65. The lowest BCUT2D eigenvalue weighted by atomic mass is 10.2. The molecule has 0 saturated heterocycles. The van der Waals surface area contributed by atoms with E-state index in [2.05, 4.69) is 15.6 Å². The van der Waals surface area contributed by atoms with Crippen molar-refractivity contribution >= 4 is 73.3 Å². The molecule has 168 valence electrons. The molecule has 4 rings (SSSR count). The standard InChI is InChI=1S/C20H20ClN5O4S2/c1-26-14-5-2-10(18(29)30)8-13(14)24-20(26,16(17(22)28)31-7-6-27)25-19-23-12-4-3-11(21)9-15(12)32-19/h2-5,8-9,16,24,27H,6-7H2,1H3,(H2,22,28)(H,23,25)(H,29,30). The van der Waals surface area contributed by atoms with Gasteiger partial charge in [-0.05, 0) is 36.4 Å². The minimum Gasteiger partial charge on any atom is -0.478 e. The summed E-state index contributed by atoms with van der Waals surface area (Å²) in [7, 11) is 1.77. The molecular formula is C20H20ClN5O4S2. The molecular weight excluding hydrogens is 474 g/mol. The molecule has 2 aromatic carbocycles. The fourth-order valence-electron chi connectivity index (χ4n) is 3.66. The van der Waals surface area contributed by atoms with Crippen LogP contribution in [0.4, 0.5) is 16.5 Å². The van der Waals surface area contributed by atoms with Crippen LogP contribution in [-0.2, 0) is 4.79 Å². The van der Waals surface area contributed by atoms with E-state index in [0.29, 0.717) is 21.5 Å². The molecule has 2 unspecified atom stereocenters. The Morgan fingerprint density at radius 2 is 2.16 bits per heavy atom. The highest BCUT2D eigenvalue weighted by molar-refractivity contribution is 8.00. The van der Waals surface area contributed by atoms with Gasteiger partial charge >= 0.3 is 5.97 Å². The molecule has 12 heteroatoms. The van der Waals surface area contributed by atoms with E-state index < -0.39 is 22.9 Å². The minimum absolute atomic E-state index is 0.105. The van der Waals surface area contributed by atoms with Gasteiger partial charge in [0.05, 0.1) is 33.8 Å². The monoisotopic (exact) mass is 493 g/mol. The number of nitrogens with zero attached hydrogens (tertiary/aromatic N) is 2. The van der Waals surface area contributed by atoms with Crippen LogP contribution < -0.4 is 21.3 Å². The number of halogens is 1. The van der Waals surface area contributed by atoms with E-state index in [0.717, 1.165) is 10.2 Å². The molecule has 2 heterocycles. The zero-order valence-electron chi connectivity index (χ0n) is 16.8. The smallest absolute Gasteiger partial charge is 0.335 e. The SMILES string of the molecule is CN1c2ccc(C(=O)O)cc2NC1(Nc1nc2ccc(Cl)cc2s1)C(SCCO)C(N)=O. The van der Waals surface area contributed by atoms with E-state index >= 15 is 0 Å². The number of amides is 1. The third kappa shape index (κ3) is 3.92. The number of thiazole rings is 1. The first kappa shape index (κ1) is 22.5. The van der Waals surface area contributed by atoms with Gasteiger partial charge in [-0.2, -0.15) is 0 Å². The molecule has 32 heavy (non-hydrogen) atoms. The Bertz CT molecular complexity index is 1210. The van der Waals surface area contributed by atoms with Crippen LogP contribution in [0.25, 0.3) is 10.2 Å². The predicted molar refractivity (Wildman–Crippen MR) is 129 cm³/mol. The maximum atomic E-state index is 12.6. The van der Waals surface area contributed by atoms with Crippen molar-refractivity contribution in [1.29, 1.82) is 0 Å². The van der Waals surface area contributed by atoms with E-state index in [1.54, 1.807) is 36.2 Å². The normalized spacial score (nSPS) is 18.3. The predicted octanol–water partition coefficient (Wildman–Crippen LogP) is 2.85. The molecule has 1 aromatic heterocycles. The van der Waals surface area contributed by atoms with Gasteiger partial charge in [0.2, 0.25) is 11.7 Å². The van der Waals surface area contributed by atoms with E-state index in [9.17, 15) is 19.8 Å². The number of hydrogen-bond donors (Lipinski definition) is 5. The highest BCUT2D eigenvalue weighted by Crippen LogP contribution is 2.45. The fourth-order valence-corrected chi connectivity index (χ4v) is 5.88. The molecule has 0 saturated carbocycles. The zero-order chi connectivity index (χ0) is 23.0. The number of thioether (sulfide) groups is 1. The Hall–Kier alpha value is -2.73. The first-order valence-electron chi connectivity index (χ1n) is 9.50. The van der Waals surface area contributed by atoms with Gasteiger partial charge in [0.15, 0.2) is 5.13 Å². The van der Waals surface area contributed by atoms with Gasteiger partial charge < -0.3 is 31.5 Å². The number of carboxylic acids is 1. The number of aromatic carboxylic acids is 1. The summed E-state index contributed by atoms with van der Waals surface area (Å²) in [4.78, 5) is 30.4. The lowest BCUT2D eigenvalue weighted by Gasteiger charge is -2.42. The number of rotatable bonds is 8. The third-order valence-corrected chi connectivity index (χ3v) is 7.61. The maximum Gasteiger partial charge on any atom is 0.335 e. The summed E-state index contributed by atoms with van der Waals surface area (Å²) in [5.41, 5.74) is 7.84. The van der Waals surface area contributed by atoms with Gasteiger partial charge in [-0.15, -0.1) is 11.8 Å². The first-order valence-corrected chi connectivity index (χ1v) is 11.7. The number of nitrogens with one attached hydrogen (secondary N) is 2. The van der Waals surface area contributed by atoms with E-state index in [4.69, 9.17) is 17.3 Å². The molecule has 0 fully saturated rings. The summed E-state index contributed by atoms with van der Waals surface area (Å²) in [6.45, 7) is -0.135. The second-order valence-corrected chi connectivity index (χ2v) is 9.80. The van der Waals surface area contributed by atoms with Crippen LogP contribution in [-0.4, -0.2) is 57.5 Å². The van der Waals surface area contributed by atoms with Crippen LogP contribution in [0.5, 0.6) is 0 Å². The molecule has 1 aliphatic heterocycles.